The van der Waals surface area contributed by atoms with Gasteiger partial charge in [-0.1, -0.05) is 41.7 Å². The van der Waals surface area contributed by atoms with Gasteiger partial charge in [0.25, 0.3) is 0 Å². The summed E-state index contributed by atoms with van der Waals surface area (Å²) in [7, 11) is 2.03. The summed E-state index contributed by atoms with van der Waals surface area (Å²) in [5.41, 5.74) is 2.87. The van der Waals surface area contributed by atoms with Crippen molar-refractivity contribution in [2.75, 3.05) is 19.0 Å². The number of fused-ring (bicyclic) bond motifs is 1. The van der Waals surface area contributed by atoms with Gasteiger partial charge in [0.1, 0.15) is 10.7 Å². The Balaban J connectivity index is 1.79. The zero-order chi connectivity index (χ0) is 21.6. The van der Waals surface area contributed by atoms with Crippen LogP contribution in [0.1, 0.15) is 46.9 Å². The number of aliphatic hydroxyl groups excluding tert-OH is 1. The molecule has 0 aromatic carbocycles. The lowest BCUT2D eigenvalue weighted by molar-refractivity contribution is 0.290. The fraction of sp³-hybridized carbons (Fsp3) is 0.375. The van der Waals surface area contributed by atoms with E-state index in [1.165, 1.54) is 9.75 Å². The standard InChI is InChI=1S/C24H26ClN3OS2/c1-26-19-11-5-4-9-17(19)23-18(10-3-2-6-12-29)22-24(31-23)20(14-21(25)28-22)27-15-16-8-7-13-30-16/h4-5,7-8,13-14,17,19,26,29H,2,6,9,11-12,15H2,1H3,(H,27,28)/t17-,19-/m0/s1. The molecular formula is C24H26ClN3OS2. The molecule has 0 amide bonds. The lowest BCUT2D eigenvalue weighted by atomic mass is 9.86. The minimum absolute atomic E-state index is 0.155. The third kappa shape index (κ3) is 5.14. The number of rotatable bonds is 7. The van der Waals surface area contributed by atoms with Gasteiger partial charge in [0.15, 0.2) is 0 Å². The molecule has 7 heteroatoms. The molecule has 0 unspecified atom stereocenters. The molecule has 3 aromatic heterocycles. The van der Waals surface area contributed by atoms with Crippen LogP contribution in [0.3, 0.4) is 0 Å². The molecule has 0 bridgehead atoms. The van der Waals surface area contributed by atoms with E-state index in [0.717, 1.165) is 40.9 Å². The van der Waals surface area contributed by atoms with Gasteiger partial charge >= 0.3 is 0 Å². The number of nitrogens with one attached hydrogen (secondary N) is 2. The van der Waals surface area contributed by atoms with Crippen LogP contribution in [0.4, 0.5) is 5.69 Å². The molecule has 0 spiro atoms. The van der Waals surface area contributed by atoms with Gasteiger partial charge < -0.3 is 15.7 Å². The Morgan fingerprint density at radius 1 is 1.32 bits per heavy atom. The van der Waals surface area contributed by atoms with Gasteiger partial charge in [-0.3, -0.25) is 0 Å². The van der Waals surface area contributed by atoms with Crippen LogP contribution in [-0.4, -0.2) is 29.8 Å². The molecule has 162 valence electrons. The van der Waals surface area contributed by atoms with Crippen molar-refractivity contribution in [3.63, 3.8) is 0 Å². The largest absolute Gasteiger partial charge is 0.396 e. The summed E-state index contributed by atoms with van der Waals surface area (Å²) in [6.45, 7) is 0.908. The number of unbranched alkanes of at least 4 members (excludes halogenated alkanes) is 1. The van der Waals surface area contributed by atoms with Crippen molar-refractivity contribution in [3.8, 4) is 11.8 Å². The first kappa shape index (κ1) is 22.3. The quantitative estimate of drug-likeness (QED) is 0.177. The van der Waals surface area contributed by atoms with Crippen LogP contribution in [0.2, 0.25) is 5.15 Å². The number of anilines is 1. The summed E-state index contributed by atoms with van der Waals surface area (Å²) in [5, 5.41) is 18.7. The summed E-state index contributed by atoms with van der Waals surface area (Å²) >= 11 is 9.96. The lowest BCUT2D eigenvalue weighted by Gasteiger charge is -2.27. The second-order valence-electron chi connectivity index (χ2n) is 7.52. The first-order valence-corrected chi connectivity index (χ1v) is 12.6. The number of halogens is 1. The highest BCUT2D eigenvalue weighted by atomic mass is 35.5. The third-order valence-electron chi connectivity index (χ3n) is 5.48. The first-order chi connectivity index (χ1) is 15.2. The number of pyridine rings is 1. The fourth-order valence-electron chi connectivity index (χ4n) is 3.90. The molecule has 3 aromatic rings. The van der Waals surface area contributed by atoms with Crippen LogP contribution in [0, 0.1) is 11.8 Å². The topological polar surface area (TPSA) is 57.2 Å². The van der Waals surface area contributed by atoms with Crippen molar-refractivity contribution < 1.29 is 5.11 Å². The van der Waals surface area contributed by atoms with Crippen molar-refractivity contribution in [2.45, 2.75) is 44.2 Å². The van der Waals surface area contributed by atoms with Crippen molar-refractivity contribution in [2.24, 2.45) is 0 Å². The monoisotopic (exact) mass is 471 g/mol. The van der Waals surface area contributed by atoms with Gasteiger partial charge in [-0.2, -0.15) is 0 Å². The number of allylic oxidation sites excluding steroid dienone is 1. The van der Waals surface area contributed by atoms with E-state index in [0.29, 0.717) is 30.0 Å². The molecule has 1 aliphatic rings. The maximum atomic E-state index is 9.11. The molecule has 0 saturated heterocycles. The van der Waals surface area contributed by atoms with Crippen molar-refractivity contribution in [1.82, 2.24) is 10.3 Å². The number of nitrogens with zero attached hydrogens (tertiary/aromatic N) is 1. The number of aliphatic hydroxyl groups is 1. The molecule has 4 rings (SSSR count). The molecular weight excluding hydrogens is 446 g/mol. The lowest BCUT2D eigenvalue weighted by Crippen LogP contribution is -2.33. The molecule has 3 N–H and O–H groups in total. The molecule has 3 heterocycles. The second-order valence-corrected chi connectivity index (χ2v) is 9.99. The van der Waals surface area contributed by atoms with Crippen LogP contribution < -0.4 is 10.6 Å². The van der Waals surface area contributed by atoms with Gasteiger partial charge in [0.05, 0.1) is 16.0 Å². The van der Waals surface area contributed by atoms with Gasteiger partial charge in [0.2, 0.25) is 0 Å². The maximum absolute atomic E-state index is 9.11. The summed E-state index contributed by atoms with van der Waals surface area (Å²) in [6, 6.07) is 6.47. The molecule has 31 heavy (non-hydrogen) atoms. The minimum Gasteiger partial charge on any atom is -0.396 e. The number of aromatic nitrogens is 1. The highest BCUT2D eigenvalue weighted by Crippen LogP contribution is 2.43. The predicted octanol–water partition coefficient (Wildman–Crippen LogP) is 5.77. The summed E-state index contributed by atoms with van der Waals surface area (Å²) < 4.78 is 1.10. The highest BCUT2D eigenvalue weighted by molar-refractivity contribution is 7.20. The van der Waals surface area contributed by atoms with E-state index < -0.39 is 0 Å². The zero-order valence-electron chi connectivity index (χ0n) is 17.5. The van der Waals surface area contributed by atoms with Gasteiger partial charge in [-0.15, -0.1) is 22.7 Å². The Morgan fingerprint density at radius 3 is 2.97 bits per heavy atom. The Labute approximate surface area is 196 Å². The first-order valence-electron chi connectivity index (χ1n) is 10.5. The van der Waals surface area contributed by atoms with E-state index in [9.17, 15) is 0 Å². The van der Waals surface area contributed by atoms with Crippen LogP contribution >= 0.6 is 34.3 Å². The molecule has 0 saturated carbocycles. The number of likely N-dealkylation sites (N-methyl/N-ethyl adjacent to an activating group) is 1. The van der Waals surface area contributed by atoms with E-state index in [1.54, 1.807) is 22.7 Å². The SMILES string of the molecule is CN[C@H]1CC=CC[C@@H]1c1sc2c(NCc3cccs3)cc(Cl)nc2c1C#CCCCO. The van der Waals surface area contributed by atoms with Crippen LogP contribution in [0.25, 0.3) is 10.2 Å². The average Bonchev–Trinajstić information content (AvgIpc) is 3.43. The third-order valence-corrected chi connectivity index (χ3v) is 7.90. The van der Waals surface area contributed by atoms with Crippen molar-refractivity contribution in [1.29, 1.82) is 0 Å². The summed E-state index contributed by atoms with van der Waals surface area (Å²) in [6.07, 6.45) is 7.84. The van der Waals surface area contributed by atoms with E-state index in [1.807, 2.05) is 13.1 Å². The smallest absolute Gasteiger partial charge is 0.131 e. The summed E-state index contributed by atoms with van der Waals surface area (Å²) in [5.74, 6) is 6.98. The van der Waals surface area contributed by atoms with E-state index in [-0.39, 0.29) is 6.61 Å². The van der Waals surface area contributed by atoms with E-state index in [4.69, 9.17) is 21.7 Å². The maximum Gasteiger partial charge on any atom is 0.131 e. The molecule has 0 radical (unpaired) electrons. The second kappa shape index (κ2) is 10.6. The average molecular weight is 472 g/mol. The summed E-state index contributed by atoms with van der Waals surface area (Å²) in [4.78, 5) is 7.24. The highest BCUT2D eigenvalue weighted by Gasteiger charge is 2.28. The van der Waals surface area contributed by atoms with Gasteiger partial charge in [-0.25, -0.2) is 4.98 Å². The Bertz CT molecular complexity index is 1110. The van der Waals surface area contributed by atoms with E-state index >= 15 is 0 Å². The molecule has 1 aliphatic carbocycles. The van der Waals surface area contributed by atoms with Crippen molar-refractivity contribution in [3.05, 3.63) is 56.2 Å². The fourth-order valence-corrected chi connectivity index (χ4v) is 6.11. The normalized spacial score (nSPS) is 18.2. The zero-order valence-corrected chi connectivity index (χ0v) is 19.8. The Kier molecular flexibility index (Phi) is 7.65. The number of hydrogen-bond acceptors (Lipinski definition) is 6. The van der Waals surface area contributed by atoms with E-state index in [2.05, 4.69) is 52.1 Å². The molecule has 0 aliphatic heterocycles. The number of thiophene rings is 2. The Hall–Kier alpha value is -1.88. The Morgan fingerprint density at radius 2 is 2.19 bits per heavy atom. The minimum atomic E-state index is 0.155. The molecule has 2 atom stereocenters. The number of hydrogen-bond donors (Lipinski definition) is 3. The van der Waals surface area contributed by atoms with Gasteiger partial charge in [0, 0.05) is 47.4 Å². The van der Waals surface area contributed by atoms with Crippen molar-refractivity contribution >= 4 is 50.2 Å². The molecule has 4 nitrogen and oxygen atoms in total. The molecule has 0 fully saturated rings. The van der Waals surface area contributed by atoms with Crippen LogP contribution in [0.5, 0.6) is 0 Å². The van der Waals surface area contributed by atoms with Crippen LogP contribution in [-0.2, 0) is 6.54 Å². The predicted molar refractivity (Wildman–Crippen MR) is 133 cm³/mol. The van der Waals surface area contributed by atoms with Crippen LogP contribution in [0.15, 0.2) is 35.7 Å². The van der Waals surface area contributed by atoms with Gasteiger partial charge in [-0.05, 0) is 37.8 Å².